The first-order valence-corrected chi connectivity index (χ1v) is 9.29. The number of H-pyrrole nitrogens is 1. The number of imidazole rings is 1. The summed E-state index contributed by atoms with van der Waals surface area (Å²) in [5.74, 6) is 1.67. The van der Waals surface area contributed by atoms with Gasteiger partial charge in [-0.1, -0.05) is 58.0 Å². The maximum absolute atomic E-state index is 13.3. The van der Waals surface area contributed by atoms with E-state index in [2.05, 4.69) is 37.7 Å². The third-order valence-electron chi connectivity index (χ3n) is 4.26. The summed E-state index contributed by atoms with van der Waals surface area (Å²) in [7, 11) is 0. The predicted molar refractivity (Wildman–Crippen MR) is 107 cm³/mol. The lowest BCUT2D eigenvalue weighted by atomic mass is 10.0. The van der Waals surface area contributed by atoms with Crippen molar-refractivity contribution < 1.29 is 4.79 Å². The summed E-state index contributed by atoms with van der Waals surface area (Å²) in [5, 5.41) is 0. The molecular weight excluding hydrogens is 322 g/mol. The zero-order chi connectivity index (χ0) is 18.7. The number of aromatic amines is 1. The van der Waals surface area contributed by atoms with E-state index in [9.17, 15) is 4.79 Å². The van der Waals surface area contributed by atoms with Crippen molar-refractivity contribution in [3.05, 3.63) is 54.1 Å². The maximum atomic E-state index is 13.3. The molecule has 1 aromatic heterocycles. The van der Waals surface area contributed by atoms with Crippen LogP contribution in [0.5, 0.6) is 0 Å². The molecule has 4 nitrogen and oxygen atoms in total. The van der Waals surface area contributed by atoms with E-state index in [1.54, 1.807) is 0 Å². The fraction of sp³-hybridized carbons (Fsp3) is 0.364. The number of rotatable bonds is 6. The van der Waals surface area contributed by atoms with Gasteiger partial charge in [0.05, 0.1) is 16.6 Å². The lowest BCUT2D eigenvalue weighted by molar-refractivity contribution is 0.0716. The first-order valence-electron chi connectivity index (χ1n) is 9.29. The minimum absolute atomic E-state index is 0.0726. The topological polar surface area (TPSA) is 49.0 Å². The van der Waals surface area contributed by atoms with E-state index in [-0.39, 0.29) is 5.91 Å². The van der Waals surface area contributed by atoms with Crippen LogP contribution in [-0.4, -0.2) is 33.9 Å². The van der Waals surface area contributed by atoms with Crippen molar-refractivity contribution in [1.29, 1.82) is 0 Å². The van der Waals surface area contributed by atoms with E-state index < -0.39 is 0 Å². The van der Waals surface area contributed by atoms with E-state index in [0.29, 0.717) is 17.4 Å². The van der Waals surface area contributed by atoms with E-state index in [1.165, 1.54) is 0 Å². The number of carbonyl (C=O) groups is 1. The van der Waals surface area contributed by atoms with Gasteiger partial charge in [0.25, 0.3) is 5.91 Å². The second-order valence-electron chi connectivity index (χ2n) is 7.65. The third kappa shape index (κ3) is 3.96. The van der Waals surface area contributed by atoms with E-state index >= 15 is 0 Å². The molecule has 0 unspecified atom stereocenters. The average Bonchev–Trinajstić information content (AvgIpc) is 3.03. The van der Waals surface area contributed by atoms with E-state index in [0.717, 1.165) is 35.5 Å². The van der Waals surface area contributed by atoms with Crippen LogP contribution in [0.1, 0.15) is 38.1 Å². The van der Waals surface area contributed by atoms with Gasteiger partial charge in [0.15, 0.2) is 0 Å². The summed E-state index contributed by atoms with van der Waals surface area (Å²) in [6, 6.07) is 15.7. The normalized spacial score (nSPS) is 11.5. The van der Waals surface area contributed by atoms with Gasteiger partial charge in [-0.25, -0.2) is 4.98 Å². The van der Waals surface area contributed by atoms with Crippen molar-refractivity contribution in [2.45, 2.75) is 27.7 Å². The van der Waals surface area contributed by atoms with Gasteiger partial charge in [-0.05, 0) is 30.0 Å². The average molecular weight is 349 g/mol. The summed E-state index contributed by atoms with van der Waals surface area (Å²) in [6.07, 6.45) is 0. The Morgan fingerprint density at radius 3 is 2.23 bits per heavy atom. The highest BCUT2D eigenvalue weighted by Crippen LogP contribution is 2.25. The van der Waals surface area contributed by atoms with Gasteiger partial charge in [0, 0.05) is 18.7 Å². The van der Waals surface area contributed by atoms with Gasteiger partial charge in [-0.2, -0.15) is 0 Å². The zero-order valence-corrected chi connectivity index (χ0v) is 16.0. The predicted octanol–water partition coefficient (Wildman–Crippen LogP) is 4.98. The monoisotopic (exact) mass is 349 g/mol. The Hall–Kier alpha value is -2.62. The van der Waals surface area contributed by atoms with Gasteiger partial charge < -0.3 is 9.88 Å². The molecule has 1 N–H and O–H groups in total. The molecule has 1 heterocycles. The van der Waals surface area contributed by atoms with Crippen LogP contribution in [-0.2, 0) is 0 Å². The second kappa shape index (κ2) is 7.73. The highest BCUT2D eigenvalue weighted by atomic mass is 16.2. The first kappa shape index (κ1) is 18.2. The van der Waals surface area contributed by atoms with Crippen LogP contribution in [0.4, 0.5) is 0 Å². The fourth-order valence-electron chi connectivity index (χ4n) is 3.25. The molecule has 0 fully saturated rings. The van der Waals surface area contributed by atoms with Gasteiger partial charge >= 0.3 is 0 Å². The minimum Gasteiger partial charge on any atom is -0.338 e. The van der Waals surface area contributed by atoms with Crippen molar-refractivity contribution in [3.8, 4) is 11.4 Å². The number of benzene rings is 2. The standard InChI is InChI=1S/C22H27N3O/c1-15(2)13-25(14-16(3)4)22(26)18-10-6-5-9-17(18)21-23-19-11-7-8-12-20(19)24-21/h5-12,15-16H,13-14H2,1-4H3,(H,23,24). The molecule has 136 valence electrons. The molecule has 0 spiro atoms. The third-order valence-corrected chi connectivity index (χ3v) is 4.26. The molecule has 0 saturated carbocycles. The van der Waals surface area contributed by atoms with Crippen LogP contribution in [0.2, 0.25) is 0 Å². The Bertz CT molecular complexity index is 852. The van der Waals surface area contributed by atoms with Gasteiger partial charge in [0.1, 0.15) is 5.82 Å². The summed E-state index contributed by atoms with van der Waals surface area (Å²) < 4.78 is 0. The molecule has 26 heavy (non-hydrogen) atoms. The largest absolute Gasteiger partial charge is 0.338 e. The number of fused-ring (bicyclic) bond motifs is 1. The quantitative estimate of drug-likeness (QED) is 0.682. The summed E-state index contributed by atoms with van der Waals surface area (Å²) in [6.45, 7) is 10.1. The summed E-state index contributed by atoms with van der Waals surface area (Å²) >= 11 is 0. The van der Waals surface area contributed by atoms with Gasteiger partial charge in [0.2, 0.25) is 0 Å². The van der Waals surface area contributed by atoms with Crippen molar-refractivity contribution in [3.63, 3.8) is 0 Å². The Morgan fingerprint density at radius 2 is 1.58 bits per heavy atom. The smallest absolute Gasteiger partial charge is 0.254 e. The highest BCUT2D eigenvalue weighted by molar-refractivity contribution is 6.00. The number of para-hydroxylation sites is 2. The molecule has 4 heteroatoms. The first-order chi connectivity index (χ1) is 12.5. The van der Waals surface area contributed by atoms with Crippen LogP contribution in [0.25, 0.3) is 22.4 Å². The van der Waals surface area contributed by atoms with Crippen LogP contribution in [0, 0.1) is 11.8 Å². The SMILES string of the molecule is CC(C)CN(CC(C)C)C(=O)c1ccccc1-c1nc2ccccc2[nH]1. The molecule has 0 saturated heterocycles. The summed E-state index contributed by atoms with van der Waals surface area (Å²) in [5.41, 5.74) is 3.44. The minimum atomic E-state index is 0.0726. The molecular formula is C22H27N3O. The molecule has 2 aromatic carbocycles. The van der Waals surface area contributed by atoms with Gasteiger partial charge in [-0.15, -0.1) is 0 Å². The van der Waals surface area contributed by atoms with E-state index in [1.807, 2.05) is 53.4 Å². The fourth-order valence-corrected chi connectivity index (χ4v) is 3.25. The molecule has 0 bridgehead atoms. The number of hydrogen-bond acceptors (Lipinski definition) is 2. The number of nitrogens with one attached hydrogen (secondary N) is 1. The molecule has 1 amide bonds. The number of hydrogen-bond donors (Lipinski definition) is 1. The number of amides is 1. The van der Waals surface area contributed by atoms with Crippen LogP contribution < -0.4 is 0 Å². The number of aromatic nitrogens is 2. The Kier molecular flexibility index (Phi) is 5.40. The Balaban J connectivity index is 2.01. The number of carbonyl (C=O) groups excluding carboxylic acids is 1. The zero-order valence-electron chi connectivity index (χ0n) is 16.0. The maximum Gasteiger partial charge on any atom is 0.254 e. The lowest BCUT2D eigenvalue weighted by Crippen LogP contribution is -2.37. The lowest BCUT2D eigenvalue weighted by Gasteiger charge is -2.27. The van der Waals surface area contributed by atoms with Crippen LogP contribution in [0.3, 0.4) is 0 Å². The van der Waals surface area contributed by atoms with Crippen molar-refractivity contribution in [2.75, 3.05) is 13.1 Å². The molecule has 0 radical (unpaired) electrons. The molecule has 0 aliphatic heterocycles. The van der Waals surface area contributed by atoms with Crippen LogP contribution in [0.15, 0.2) is 48.5 Å². The molecule has 0 atom stereocenters. The van der Waals surface area contributed by atoms with Gasteiger partial charge in [-0.3, -0.25) is 4.79 Å². The molecule has 0 aliphatic rings. The van der Waals surface area contributed by atoms with Crippen molar-refractivity contribution >= 4 is 16.9 Å². The second-order valence-corrected chi connectivity index (χ2v) is 7.65. The highest BCUT2D eigenvalue weighted by Gasteiger charge is 2.22. The summed E-state index contributed by atoms with van der Waals surface area (Å²) in [4.78, 5) is 23.3. The molecule has 0 aliphatic carbocycles. The van der Waals surface area contributed by atoms with Crippen molar-refractivity contribution in [2.24, 2.45) is 11.8 Å². The number of nitrogens with zero attached hydrogens (tertiary/aromatic N) is 2. The Labute approximate surface area is 155 Å². The van der Waals surface area contributed by atoms with Crippen molar-refractivity contribution in [1.82, 2.24) is 14.9 Å². The molecule has 3 aromatic rings. The Morgan fingerprint density at radius 1 is 0.962 bits per heavy atom. The van der Waals surface area contributed by atoms with E-state index in [4.69, 9.17) is 0 Å². The molecule has 3 rings (SSSR count). The van der Waals surface area contributed by atoms with Crippen LogP contribution >= 0.6 is 0 Å².